The summed E-state index contributed by atoms with van der Waals surface area (Å²) in [4.78, 5) is 17.7. The Morgan fingerprint density at radius 1 is 1.00 bits per heavy atom. The molecule has 0 aromatic heterocycles. The molecule has 27 heavy (non-hydrogen) atoms. The van der Waals surface area contributed by atoms with Crippen molar-refractivity contribution in [2.24, 2.45) is 0 Å². The second kappa shape index (κ2) is 8.13. The number of carbonyl (C=O) groups excluding carboxylic acids is 1. The molecule has 1 fully saturated rings. The van der Waals surface area contributed by atoms with Crippen LogP contribution in [0.1, 0.15) is 30.9 Å². The van der Waals surface area contributed by atoms with E-state index in [4.69, 9.17) is 0 Å². The zero-order valence-corrected chi connectivity index (χ0v) is 16.1. The number of amides is 1. The maximum Gasteiger partial charge on any atom is 0.237 e. The van der Waals surface area contributed by atoms with Crippen LogP contribution in [0.4, 0.5) is 5.69 Å². The summed E-state index contributed by atoms with van der Waals surface area (Å²) in [5.41, 5.74) is 3.96. The third kappa shape index (κ3) is 4.01. The molecule has 2 aromatic carbocycles. The van der Waals surface area contributed by atoms with E-state index in [0.29, 0.717) is 0 Å². The van der Waals surface area contributed by atoms with Crippen LogP contribution in [0, 0.1) is 0 Å². The number of hydrogen-bond donors (Lipinski definition) is 1. The molecule has 0 aliphatic carbocycles. The number of piperidine rings is 1. The van der Waals surface area contributed by atoms with Crippen molar-refractivity contribution in [2.45, 2.75) is 44.8 Å². The van der Waals surface area contributed by atoms with Gasteiger partial charge in [-0.3, -0.25) is 9.69 Å². The predicted molar refractivity (Wildman–Crippen MR) is 110 cm³/mol. The zero-order valence-electron chi connectivity index (χ0n) is 16.1. The third-order valence-electron chi connectivity index (χ3n) is 6.02. The summed E-state index contributed by atoms with van der Waals surface area (Å²) in [5, 5.41) is 3.35. The molecule has 1 N–H and O–H groups in total. The van der Waals surface area contributed by atoms with Crippen molar-refractivity contribution in [1.82, 2.24) is 10.2 Å². The van der Waals surface area contributed by atoms with Crippen molar-refractivity contribution in [3.05, 3.63) is 65.7 Å². The van der Waals surface area contributed by atoms with E-state index < -0.39 is 0 Å². The molecule has 1 amide bonds. The minimum absolute atomic E-state index is 0.0444. The van der Waals surface area contributed by atoms with Crippen LogP contribution in [0.25, 0.3) is 0 Å². The fourth-order valence-corrected chi connectivity index (χ4v) is 4.39. The first kappa shape index (κ1) is 18.1. The number of nitrogens with one attached hydrogen (secondary N) is 1. The molecule has 0 spiro atoms. The normalized spacial score (nSPS) is 20.9. The third-order valence-corrected chi connectivity index (χ3v) is 6.02. The highest BCUT2D eigenvalue weighted by Gasteiger charge is 2.32. The Morgan fingerprint density at radius 2 is 1.67 bits per heavy atom. The summed E-state index contributed by atoms with van der Waals surface area (Å²) in [6.45, 7) is 5.92. The average Bonchev–Trinajstić information content (AvgIpc) is 2.74. The summed E-state index contributed by atoms with van der Waals surface area (Å²) < 4.78 is 0. The molecule has 0 saturated carbocycles. The molecular formula is C23H29N3O. The number of fused-ring (bicyclic) bond motifs is 1. The van der Waals surface area contributed by atoms with Gasteiger partial charge in [-0.2, -0.15) is 0 Å². The Hall–Kier alpha value is -2.33. The molecule has 4 rings (SSSR count). The predicted octanol–water partition coefficient (Wildman–Crippen LogP) is 3.22. The van der Waals surface area contributed by atoms with Gasteiger partial charge in [0.25, 0.3) is 0 Å². The van der Waals surface area contributed by atoms with Crippen LogP contribution < -0.4 is 10.2 Å². The van der Waals surface area contributed by atoms with E-state index in [2.05, 4.69) is 76.6 Å². The molecule has 2 aliphatic heterocycles. The lowest BCUT2D eigenvalue weighted by atomic mass is 9.93. The first-order valence-electron chi connectivity index (χ1n) is 10.2. The highest BCUT2D eigenvalue weighted by Crippen LogP contribution is 2.24. The van der Waals surface area contributed by atoms with Gasteiger partial charge in [-0.15, -0.1) is 0 Å². The quantitative estimate of drug-likeness (QED) is 0.906. The van der Waals surface area contributed by atoms with Crippen molar-refractivity contribution in [3.63, 3.8) is 0 Å². The first-order chi connectivity index (χ1) is 13.2. The van der Waals surface area contributed by atoms with Crippen LogP contribution in [0.3, 0.4) is 0 Å². The van der Waals surface area contributed by atoms with Gasteiger partial charge in [-0.25, -0.2) is 0 Å². The lowest BCUT2D eigenvalue weighted by Crippen LogP contribution is -2.54. The van der Waals surface area contributed by atoms with Gasteiger partial charge in [0.1, 0.15) is 0 Å². The highest BCUT2D eigenvalue weighted by molar-refractivity contribution is 5.82. The van der Waals surface area contributed by atoms with E-state index in [-0.39, 0.29) is 18.0 Å². The number of rotatable bonds is 4. The summed E-state index contributed by atoms with van der Waals surface area (Å²) in [7, 11) is 0. The van der Waals surface area contributed by atoms with Crippen molar-refractivity contribution in [1.29, 1.82) is 0 Å². The molecule has 0 radical (unpaired) electrons. The van der Waals surface area contributed by atoms with Crippen LogP contribution in [0.2, 0.25) is 0 Å². The molecule has 4 nitrogen and oxygen atoms in total. The van der Waals surface area contributed by atoms with E-state index >= 15 is 0 Å². The number of benzene rings is 2. The summed E-state index contributed by atoms with van der Waals surface area (Å²) in [6, 6.07) is 19.3. The maximum atomic E-state index is 13.0. The Labute approximate surface area is 162 Å². The standard InChI is InChI=1S/C23H29N3O/c1-2-25-17-19-9-7-6-8-18(19)16-22(25)23(27)24-20-12-14-26(15-13-20)21-10-4-3-5-11-21/h3-11,20,22H,2,12-17H2,1H3,(H,24,27). The monoisotopic (exact) mass is 363 g/mol. The van der Waals surface area contributed by atoms with Gasteiger partial charge in [0, 0.05) is 31.4 Å². The van der Waals surface area contributed by atoms with Crippen molar-refractivity contribution in [3.8, 4) is 0 Å². The minimum Gasteiger partial charge on any atom is -0.371 e. The Balaban J connectivity index is 1.35. The van der Waals surface area contributed by atoms with E-state index in [1.54, 1.807) is 0 Å². The van der Waals surface area contributed by atoms with Crippen LogP contribution in [0.5, 0.6) is 0 Å². The summed E-state index contributed by atoms with van der Waals surface area (Å²) >= 11 is 0. The van der Waals surface area contributed by atoms with Crippen molar-refractivity contribution in [2.75, 3.05) is 24.5 Å². The minimum atomic E-state index is -0.0444. The lowest BCUT2D eigenvalue weighted by molar-refractivity contribution is -0.127. The van der Waals surface area contributed by atoms with Crippen LogP contribution >= 0.6 is 0 Å². The van der Waals surface area contributed by atoms with Gasteiger partial charge >= 0.3 is 0 Å². The topological polar surface area (TPSA) is 35.6 Å². The molecule has 2 heterocycles. The van der Waals surface area contributed by atoms with Gasteiger partial charge in [0.15, 0.2) is 0 Å². The molecule has 2 aromatic rings. The fourth-order valence-electron chi connectivity index (χ4n) is 4.39. The average molecular weight is 364 g/mol. The maximum absolute atomic E-state index is 13.0. The number of anilines is 1. The van der Waals surface area contributed by atoms with E-state index in [9.17, 15) is 4.79 Å². The first-order valence-corrected chi connectivity index (χ1v) is 10.2. The van der Waals surface area contributed by atoms with Gasteiger partial charge in [0.05, 0.1) is 6.04 Å². The smallest absolute Gasteiger partial charge is 0.237 e. The largest absolute Gasteiger partial charge is 0.371 e. The van der Waals surface area contributed by atoms with E-state index in [1.165, 1.54) is 16.8 Å². The number of hydrogen-bond acceptors (Lipinski definition) is 3. The number of carbonyl (C=O) groups is 1. The molecule has 2 aliphatic rings. The molecule has 1 saturated heterocycles. The van der Waals surface area contributed by atoms with Crippen molar-refractivity contribution >= 4 is 11.6 Å². The fraction of sp³-hybridized carbons (Fsp3) is 0.435. The van der Waals surface area contributed by atoms with Gasteiger partial charge in [0.2, 0.25) is 5.91 Å². The van der Waals surface area contributed by atoms with Gasteiger partial charge < -0.3 is 10.2 Å². The molecule has 1 atom stereocenters. The van der Waals surface area contributed by atoms with Crippen LogP contribution in [0.15, 0.2) is 54.6 Å². The molecule has 0 bridgehead atoms. The number of para-hydroxylation sites is 1. The molecule has 1 unspecified atom stereocenters. The Bertz CT molecular complexity index is 768. The second-order valence-corrected chi connectivity index (χ2v) is 7.66. The SMILES string of the molecule is CCN1Cc2ccccc2CC1C(=O)NC1CCN(c2ccccc2)CC1. The molecule has 142 valence electrons. The number of likely N-dealkylation sites (N-methyl/N-ethyl adjacent to an activating group) is 1. The summed E-state index contributed by atoms with van der Waals surface area (Å²) in [5.74, 6) is 0.199. The van der Waals surface area contributed by atoms with Gasteiger partial charge in [-0.05, 0) is 49.1 Å². The van der Waals surface area contributed by atoms with E-state index in [0.717, 1.165) is 45.4 Å². The number of nitrogens with zero attached hydrogens (tertiary/aromatic N) is 2. The summed E-state index contributed by atoms with van der Waals surface area (Å²) in [6.07, 6.45) is 2.84. The molecular weight excluding hydrogens is 334 g/mol. The van der Waals surface area contributed by atoms with Crippen molar-refractivity contribution < 1.29 is 4.79 Å². The Morgan fingerprint density at radius 3 is 2.37 bits per heavy atom. The van der Waals surface area contributed by atoms with Crippen LogP contribution in [-0.2, 0) is 17.8 Å². The van der Waals surface area contributed by atoms with Gasteiger partial charge in [-0.1, -0.05) is 49.4 Å². The molecule has 4 heteroatoms. The zero-order chi connectivity index (χ0) is 18.6. The van der Waals surface area contributed by atoms with Crippen LogP contribution in [-0.4, -0.2) is 42.5 Å². The Kier molecular flexibility index (Phi) is 5.44. The second-order valence-electron chi connectivity index (χ2n) is 7.66. The van der Waals surface area contributed by atoms with E-state index in [1.807, 2.05) is 0 Å². The lowest BCUT2D eigenvalue weighted by Gasteiger charge is -2.38. The highest BCUT2D eigenvalue weighted by atomic mass is 16.2.